The summed E-state index contributed by atoms with van der Waals surface area (Å²) in [5, 5.41) is 19.4. The molecule has 0 spiro atoms. The van der Waals surface area contributed by atoms with Gasteiger partial charge in [0.1, 0.15) is 16.3 Å². The van der Waals surface area contributed by atoms with Crippen LogP contribution < -0.4 is 0 Å². The summed E-state index contributed by atoms with van der Waals surface area (Å²) in [7, 11) is 0. The molecule has 1 atom stereocenters. The molecular formula is C26H18N2O2S. The summed E-state index contributed by atoms with van der Waals surface area (Å²) >= 11 is 1.09. The van der Waals surface area contributed by atoms with Gasteiger partial charge in [-0.1, -0.05) is 103 Å². The van der Waals surface area contributed by atoms with Crippen LogP contribution in [-0.4, -0.2) is 16.1 Å². The van der Waals surface area contributed by atoms with Gasteiger partial charge in [0, 0.05) is 11.1 Å². The van der Waals surface area contributed by atoms with Crippen LogP contribution in [0.2, 0.25) is 0 Å². The van der Waals surface area contributed by atoms with E-state index in [0.717, 1.165) is 28.5 Å². The van der Waals surface area contributed by atoms with Crippen LogP contribution in [-0.2, 0) is 4.79 Å². The number of nitrogens with zero attached hydrogens (tertiary/aromatic N) is 2. The Balaban J connectivity index is 1.90. The zero-order chi connectivity index (χ0) is 21.6. The van der Waals surface area contributed by atoms with Gasteiger partial charge in [-0.2, -0.15) is 5.26 Å². The Labute approximate surface area is 184 Å². The van der Waals surface area contributed by atoms with Gasteiger partial charge in [-0.05, 0) is 17.2 Å². The maximum Gasteiger partial charge on any atom is 0.321 e. The number of nitriles is 1. The fraction of sp³-hybridized carbons (Fsp3) is 0.0385. The van der Waals surface area contributed by atoms with Crippen molar-refractivity contribution in [3.05, 3.63) is 108 Å². The van der Waals surface area contributed by atoms with Crippen molar-refractivity contribution in [3.8, 4) is 28.5 Å². The van der Waals surface area contributed by atoms with E-state index in [1.54, 1.807) is 24.3 Å². The van der Waals surface area contributed by atoms with E-state index in [1.807, 2.05) is 72.8 Å². The lowest BCUT2D eigenvalue weighted by Gasteiger charge is -2.16. The lowest BCUT2D eigenvalue weighted by atomic mass is 9.99. The van der Waals surface area contributed by atoms with Crippen LogP contribution in [0.25, 0.3) is 22.4 Å². The molecule has 5 heteroatoms. The third kappa shape index (κ3) is 4.50. The number of benzene rings is 3. The van der Waals surface area contributed by atoms with E-state index in [2.05, 4.69) is 6.07 Å². The normalized spacial score (nSPS) is 11.5. The molecule has 4 rings (SSSR count). The monoisotopic (exact) mass is 422 g/mol. The zero-order valence-corrected chi connectivity index (χ0v) is 17.3. The van der Waals surface area contributed by atoms with Crippen molar-refractivity contribution in [2.24, 2.45) is 0 Å². The van der Waals surface area contributed by atoms with Gasteiger partial charge in [0.05, 0.1) is 11.3 Å². The molecule has 1 aromatic heterocycles. The van der Waals surface area contributed by atoms with E-state index < -0.39 is 11.2 Å². The van der Waals surface area contributed by atoms with Crippen LogP contribution in [0.1, 0.15) is 16.4 Å². The van der Waals surface area contributed by atoms with E-state index in [1.165, 1.54) is 0 Å². The third-order valence-corrected chi connectivity index (χ3v) is 6.04. The second-order valence-corrected chi connectivity index (χ2v) is 7.92. The van der Waals surface area contributed by atoms with Crippen LogP contribution >= 0.6 is 11.8 Å². The molecule has 0 saturated heterocycles. The summed E-state index contributed by atoms with van der Waals surface area (Å²) < 4.78 is 0. The average molecular weight is 423 g/mol. The predicted molar refractivity (Wildman–Crippen MR) is 122 cm³/mol. The first kappa shape index (κ1) is 20.4. The topological polar surface area (TPSA) is 74.0 Å². The number of carboxylic acids is 1. The van der Waals surface area contributed by atoms with Crippen LogP contribution in [0.3, 0.4) is 0 Å². The summed E-state index contributed by atoms with van der Waals surface area (Å²) in [6.07, 6.45) is 0. The molecule has 0 unspecified atom stereocenters. The minimum absolute atomic E-state index is 0.373. The van der Waals surface area contributed by atoms with E-state index in [-0.39, 0.29) is 0 Å². The van der Waals surface area contributed by atoms with Crippen LogP contribution in [0.5, 0.6) is 0 Å². The van der Waals surface area contributed by atoms with Gasteiger partial charge in [-0.25, -0.2) is 4.98 Å². The van der Waals surface area contributed by atoms with Crippen molar-refractivity contribution in [1.29, 1.82) is 5.26 Å². The number of hydrogen-bond donors (Lipinski definition) is 1. The molecule has 0 fully saturated rings. The Morgan fingerprint density at radius 3 is 1.97 bits per heavy atom. The summed E-state index contributed by atoms with van der Waals surface area (Å²) in [5.74, 6) is -0.978. The first-order valence-corrected chi connectivity index (χ1v) is 10.6. The fourth-order valence-corrected chi connectivity index (χ4v) is 4.36. The van der Waals surface area contributed by atoms with Gasteiger partial charge in [0.25, 0.3) is 0 Å². The highest BCUT2D eigenvalue weighted by atomic mass is 32.2. The third-order valence-electron chi connectivity index (χ3n) is 4.81. The van der Waals surface area contributed by atoms with E-state index in [4.69, 9.17) is 4.98 Å². The second-order valence-electron chi connectivity index (χ2n) is 6.83. The Bertz CT molecular complexity index is 1240. The van der Waals surface area contributed by atoms with E-state index in [0.29, 0.717) is 21.8 Å². The van der Waals surface area contributed by atoms with Crippen molar-refractivity contribution in [1.82, 2.24) is 4.98 Å². The SMILES string of the molecule is N#Cc1c(-c2ccccc2)cc(-c2ccccc2)nc1S[C@@H](C(=O)O)c1ccccc1. The summed E-state index contributed by atoms with van der Waals surface area (Å²) in [6, 6.07) is 32.4. The Kier molecular flexibility index (Phi) is 6.11. The molecule has 0 amide bonds. The number of pyridine rings is 1. The van der Waals surface area contributed by atoms with Crippen LogP contribution in [0.15, 0.2) is 102 Å². The van der Waals surface area contributed by atoms with Gasteiger partial charge >= 0.3 is 5.97 Å². The van der Waals surface area contributed by atoms with Crippen LogP contribution in [0.4, 0.5) is 0 Å². The minimum atomic E-state index is -0.978. The second kappa shape index (κ2) is 9.29. The standard InChI is InChI=1S/C26H18N2O2S/c27-17-22-21(18-10-4-1-5-11-18)16-23(19-12-6-2-7-13-19)28-25(22)31-24(26(29)30)20-14-8-3-9-15-20/h1-16,24H,(H,29,30)/t24-/m1/s1. The number of aromatic nitrogens is 1. The lowest BCUT2D eigenvalue weighted by Crippen LogP contribution is -2.09. The van der Waals surface area contributed by atoms with Gasteiger partial charge in [-0.15, -0.1) is 0 Å². The summed E-state index contributed by atoms with van der Waals surface area (Å²) in [5.41, 5.74) is 4.23. The van der Waals surface area contributed by atoms with Gasteiger partial charge in [-0.3, -0.25) is 4.79 Å². The number of carbonyl (C=O) groups is 1. The fourth-order valence-electron chi connectivity index (χ4n) is 3.32. The van der Waals surface area contributed by atoms with E-state index >= 15 is 0 Å². The quantitative estimate of drug-likeness (QED) is 0.374. The molecule has 0 bridgehead atoms. The average Bonchev–Trinajstić information content (AvgIpc) is 2.83. The molecule has 0 aliphatic heterocycles. The molecule has 4 nitrogen and oxygen atoms in total. The van der Waals surface area contributed by atoms with Crippen molar-refractivity contribution in [2.45, 2.75) is 10.3 Å². The molecule has 0 aliphatic rings. The highest BCUT2D eigenvalue weighted by molar-refractivity contribution is 8.00. The molecule has 1 heterocycles. The predicted octanol–water partition coefficient (Wildman–Crippen LogP) is 6.21. The van der Waals surface area contributed by atoms with Crippen LogP contribution in [0, 0.1) is 11.3 Å². The molecule has 31 heavy (non-hydrogen) atoms. The smallest absolute Gasteiger partial charge is 0.321 e. The Hall–Kier alpha value is -3.88. The van der Waals surface area contributed by atoms with Gasteiger partial charge in [0.15, 0.2) is 0 Å². The van der Waals surface area contributed by atoms with Gasteiger partial charge < -0.3 is 5.11 Å². The highest BCUT2D eigenvalue weighted by Gasteiger charge is 2.25. The Morgan fingerprint density at radius 1 is 0.871 bits per heavy atom. The molecule has 0 radical (unpaired) electrons. The lowest BCUT2D eigenvalue weighted by molar-refractivity contribution is -0.136. The number of carboxylic acid groups (broad SMARTS) is 1. The number of rotatable bonds is 6. The largest absolute Gasteiger partial charge is 0.480 e. The first-order valence-electron chi connectivity index (χ1n) is 9.68. The first-order chi connectivity index (χ1) is 15.2. The Morgan fingerprint density at radius 2 is 1.42 bits per heavy atom. The molecule has 4 aromatic rings. The molecule has 0 saturated carbocycles. The van der Waals surface area contributed by atoms with Crippen molar-refractivity contribution in [3.63, 3.8) is 0 Å². The van der Waals surface area contributed by atoms with Gasteiger partial charge in [0.2, 0.25) is 0 Å². The molecule has 1 N–H and O–H groups in total. The van der Waals surface area contributed by atoms with Crippen molar-refractivity contribution >= 4 is 17.7 Å². The number of hydrogen-bond acceptors (Lipinski definition) is 4. The van der Waals surface area contributed by atoms with Crippen molar-refractivity contribution in [2.75, 3.05) is 0 Å². The number of thioether (sulfide) groups is 1. The molecular weight excluding hydrogens is 404 g/mol. The number of aliphatic carboxylic acids is 1. The highest BCUT2D eigenvalue weighted by Crippen LogP contribution is 2.40. The van der Waals surface area contributed by atoms with E-state index in [9.17, 15) is 15.2 Å². The van der Waals surface area contributed by atoms with Crippen molar-refractivity contribution < 1.29 is 9.90 Å². The minimum Gasteiger partial charge on any atom is -0.480 e. The summed E-state index contributed by atoms with van der Waals surface area (Å²) in [6.45, 7) is 0. The molecule has 0 aliphatic carbocycles. The summed E-state index contributed by atoms with van der Waals surface area (Å²) in [4.78, 5) is 16.8. The maximum atomic E-state index is 12.1. The molecule has 150 valence electrons. The molecule has 3 aromatic carbocycles. The maximum absolute atomic E-state index is 12.1. The zero-order valence-electron chi connectivity index (χ0n) is 16.5.